The van der Waals surface area contributed by atoms with Crippen LogP contribution in [0.3, 0.4) is 0 Å². The topological polar surface area (TPSA) is 12.0 Å². The Labute approximate surface area is 130 Å². The zero-order chi connectivity index (χ0) is 14.8. The van der Waals surface area contributed by atoms with Crippen molar-refractivity contribution in [3.63, 3.8) is 0 Å². The van der Waals surface area contributed by atoms with Crippen LogP contribution in [0.1, 0.15) is 69.4 Å². The summed E-state index contributed by atoms with van der Waals surface area (Å²) in [6, 6.07) is 10.7. The Bertz CT molecular complexity index is 441. The van der Waals surface area contributed by atoms with Crippen molar-refractivity contribution in [2.45, 2.75) is 77.3 Å². The Morgan fingerprint density at radius 2 is 1.67 bits per heavy atom. The third-order valence-corrected chi connectivity index (χ3v) is 5.81. The van der Waals surface area contributed by atoms with Gasteiger partial charge in [0.15, 0.2) is 0 Å². The van der Waals surface area contributed by atoms with E-state index in [0.29, 0.717) is 0 Å². The minimum Gasteiger partial charge on any atom is -0.311 e. The van der Waals surface area contributed by atoms with E-state index in [2.05, 4.69) is 50.4 Å². The third kappa shape index (κ3) is 3.51. The van der Waals surface area contributed by atoms with Crippen LogP contribution in [0.25, 0.3) is 0 Å². The summed E-state index contributed by atoms with van der Waals surface area (Å²) in [5.41, 5.74) is 2.91. The van der Waals surface area contributed by atoms with Gasteiger partial charge in [-0.25, -0.2) is 0 Å². The molecule has 0 spiro atoms. The predicted octanol–water partition coefficient (Wildman–Crippen LogP) is 5.05. The minimum atomic E-state index is 0.764. The molecule has 0 heterocycles. The van der Waals surface area contributed by atoms with Gasteiger partial charge in [0.05, 0.1) is 0 Å². The van der Waals surface area contributed by atoms with Gasteiger partial charge in [-0.3, -0.25) is 0 Å². The molecular formula is C20H31N. The number of rotatable bonds is 4. The van der Waals surface area contributed by atoms with E-state index >= 15 is 0 Å². The lowest BCUT2D eigenvalue weighted by molar-refractivity contribution is 0.160. The molecule has 0 radical (unpaired) electrons. The van der Waals surface area contributed by atoms with E-state index in [1.54, 1.807) is 5.56 Å². The molecule has 1 heteroatoms. The van der Waals surface area contributed by atoms with Gasteiger partial charge in [-0.15, -0.1) is 0 Å². The molecule has 0 aliphatic heterocycles. The first-order chi connectivity index (χ1) is 10.1. The van der Waals surface area contributed by atoms with Gasteiger partial charge in [0.1, 0.15) is 0 Å². The molecule has 2 unspecified atom stereocenters. The van der Waals surface area contributed by atoms with Crippen LogP contribution >= 0.6 is 0 Å². The van der Waals surface area contributed by atoms with Gasteiger partial charge < -0.3 is 5.32 Å². The Kier molecular flexibility index (Phi) is 4.69. The summed E-state index contributed by atoms with van der Waals surface area (Å²) in [5.74, 6) is 2.53. The lowest BCUT2D eigenvalue weighted by atomic mass is 9.73. The van der Waals surface area contributed by atoms with E-state index in [1.807, 2.05) is 0 Å². The number of aryl methyl sites for hydroxylation is 1. The van der Waals surface area contributed by atoms with Crippen molar-refractivity contribution < 1.29 is 0 Å². The maximum absolute atomic E-state index is 4.00. The summed E-state index contributed by atoms with van der Waals surface area (Å²) in [5, 5.41) is 4.00. The van der Waals surface area contributed by atoms with Gasteiger partial charge in [0.2, 0.25) is 0 Å². The lowest BCUT2D eigenvalue weighted by Gasteiger charge is -2.43. The molecule has 2 aliphatic rings. The molecule has 1 aromatic rings. The fourth-order valence-corrected chi connectivity index (χ4v) is 4.33. The molecule has 1 aromatic carbocycles. The zero-order valence-corrected chi connectivity index (χ0v) is 13.9. The highest BCUT2D eigenvalue weighted by atomic mass is 15.0. The van der Waals surface area contributed by atoms with Crippen molar-refractivity contribution in [2.24, 2.45) is 11.8 Å². The van der Waals surface area contributed by atoms with E-state index in [4.69, 9.17) is 0 Å². The fraction of sp³-hybridized carbons (Fsp3) is 0.700. The average molecular weight is 285 g/mol. The van der Waals surface area contributed by atoms with Crippen LogP contribution in [0.5, 0.6) is 0 Å². The normalized spacial score (nSPS) is 33.0. The van der Waals surface area contributed by atoms with E-state index < -0.39 is 0 Å². The molecule has 0 amide bonds. The Morgan fingerprint density at radius 1 is 1.00 bits per heavy atom. The van der Waals surface area contributed by atoms with Crippen LogP contribution in [0.15, 0.2) is 24.3 Å². The predicted molar refractivity (Wildman–Crippen MR) is 90.7 cm³/mol. The van der Waals surface area contributed by atoms with Gasteiger partial charge in [-0.1, -0.05) is 56.5 Å². The maximum Gasteiger partial charge on any atom is 0.0100 e. The summed E-state index contributed by atoms with van der Waals surface area (Å²) in [6.45, 7) is 6.98. The lowest BCUT2D eigenvalue weighted by Crippen LogP contribution is -2.50. The van der Waals surface area contributed by atoms with Crippen LogP contribution in [0.4, 0.5) is 0 Å². The second-order valence-corrected chi connectivity index (χ2v) is 7.74. The van der Waals surface area contributed by atoms with Gasteiger partial charge >= 0.3 is 0 Å². The third-order valence-electron chi connectivity index (χ3n) is 5.81. The SMILES string of the molecule is Cc1ccc(C2CC(NC3CCCCC3C(C)C)C2)cc1. The number of hydrogen-bond acceptors (Lipinski definition) is 1. The molecule has 21 heavy (non-hydrogen) atoms. The van der Waals surface area contributed by atoms with E-state index in [0.717, 1.165) is 29.8 Å². The molecular weight excluding hydrogens is 254 g/mol. The highest BCUT2D eigenvalue weighted by Crippen LogP contribution is 2.39. The van der Waals surface area contributed by atoms with Crippen LogP contribution in [-0.2, 0) is 0 Å². The van der Waals surface area contributed by atoms with E-state index in [1.165, 1.54) is 44.1 Å². The molecule has 2 fully saturated rings. The molecule has 1 N–H and O–H groups in total. The second kappa shape index (κ2) is 6.52. The zero-order valence-electron chi connectivity index (χ0n) is 13.9. The van der Waals surface area contributed by atoms with Crippen LogP contribution < -0.4 is 5.32 Å². The minimum absolute atomic E-state index is 0.764. The van der Waals surface area contributed by atoms with Crippen LogP contribution in [0.2, 0.25) is 0 Å². The largest absolute Gasteiger partial charge is 0.311 e. The van der Waals surface area contributed by atoms with Crippen molar-refractivity contribution >= 4 is 0 Å². The smallest absolute Gasteiger partial charge is 0.0100 e. The Balaban J connectivity index is 1.51. The van der Waals surface area contributed by atoms with Gasteiger partial charge in [0.25, 0.3) is 0 Å². The molecule has 2 aliphatic carbocycles. The van der Waals surface area contributed by atoms with Crippen molar-refractivity contribution in [3.8, 4) is 0 Å². The Morgan fingerprint density at radius 3 is 2.33 bits per heavy atom. The number of nitrogens with one attached hydrogen (secondary N) is 1. The van der Waals surface area contributed by atoms with Crippen molar-refractivity contribution in [1.82, 2.24) is 5.32 Å². The molecule has 0 aromatic heterocycles. The van der Waals surface area contributed by atoms with Crippen LogP contribution in [-0.4, -0.2) is 12.1 Å². The molecule has 0 bridgehead atoms. The summed E-state index contributed by atoms with van der Waals surface area (Å²) in [6.07, 6.45) is 8.37. The summed E-state index contributed by atoms with van der Waals surface area (Å²) in [4.78, 5) is 0. The highest BCUT2D eigenvalue weighted by Gasteiger charge is 2.35. The molecule has 3 rings (SSSR count). The summed E-state index contributed by atoms with van der Waals surface area (Å²) >= 11 is 0. The molecule has 2 saturated carbocycles. The first kappa shape index (κ1) is 15.1. The van der Waals surface area contributed by atoms with E-state index in [9.17, 15) is 0 Å². The quantitative estimate of drug-likeness (QED) is 0.816. The van der Waals surface area contributed by atoms with Gasteiger partial charge in [-0.05, 0) is 55.9 Å². The fourth-order valence-electron chi connectivity index (χ4n) is 4.33. The van der Waals surface area contributed by atoms with Crippen molar-refractivity contribution in [3.05, 3.63) is 35.4 Å². The average Bonchev–Trinajstić information content (AvgIpc) is 2.44. The van der Waals surface area contributed by atoms with Gasteiger partial charge in [0, 0.05) is 12.1 Å². The first-order valence-electron chi connectivity index (χ1n) is 8.96. The summed E-state index contributed by atoms with van der Waals surface area (Å²) < 4.78 is 0. The first-order valence-corrected chi connectivity index (χ1v) is 8.96. The van der Waals surface area contributed by atoms with Crippen LogP contribution in [0, 0.1) is 18.8 Å². The standard InChI is InChI=1S/C20H31N/c1-14(2)19-6-4-5-7-20(19)21-18-12-17(13-18)16-10-8-15(3)9-11-16/h8-11,14,17-21H,4-7,12-13H2,1-3H3. The van der Waals surface area contributed by atoms with E-state index in [-0.39, 0.29) is 0 Å². The summed E-state index contributed by atoms with van der Waals surface area (Å²) in [7, 11) is 0. The molecule has 2 atom stereocenters. The molecule has 1 nitrogen and oxygen atoms in total. The molecule has 116 valence electrons. The number of benzene rings is 1. The maximum atomic E-state index is 4.00. The number of hydrogen-bond donors (Lipinski definition) is 1. The van der Waals surface area contributed by atoms with Crippen molar-refractivity contribution in [1.29, 1.82) is 0 Å². The second-order valence-electron chi connectivity index (χ2n) is 7.74. The van der Waals surface area contributed by atoms with Gasteiger partial charge in [-0.2, -0.15) is 0 Å². The van der Waals surface area contributed by atoms with Crippen molar-refractivity contribution in [2.75, 3.05) is 0 Å². The Hall–Kier alpha value is -0.820. The highest BCUT2D eigenvalue weighted by molar-refractivity contribution is 5.26. The monoisotopic (exact) mass is 285 g/mol. The molecule has 0 saturated heterocycles.